The molecule has 2 aromatic carbocycles. The third kappa shape index (κ3) is 4.89. The molecule has 1 saturated carbocycles. The van der Waals surface area contributed by atoms with Gasteiger partial charge in [0.2, 0.25) is 0 Å². The van der Waals surface area contributed by atoms with Crippen molar-refractivity contribution in [3.05, 3.63) is 65.0 Å². The lowest BCUT2D eigenvalue weighted by atomic mass is 9.93. The Hall–Kier alpha value is -3.68. The van der Waals surface area contributed by atoms with E-state index in [0.29, 0.717) is 22.6 Å². The summed E-state index contributed by atoms with van der Waals surface area (Å²) in [5, 5.41) is 2.28. The van der Waals surface area contributed by atoms with E-state index in [4.69, 9.17) is 9.47 Å². The molecule has 0 atom stereocenters. The highest BCUT2D eigenvalue weighted by atomic mass is 19.1. The minimum Gasteiger partial charge on any atom is -0.493 e. The highest BCUT2D eigenvalue weighted by Gasteiger charge is 2.40. The van der Waals surface area contributed by atoms with Crippen LogP contribution in [0.3, 0.4) is 0 Å². The molecule has 33 heavy (non-hydrogen) atoms. The van der Waals surface area contributed by atoms with Gasteiger partial charge in [0.05, 0.1) is 7.11 Å². The summed E-state index contributed by atoms with van der Waals surface area (Å²) in [6.45, 7) is 0.0167. The second-order valence-electron chi connectivity index (χ2n) is 8.07. The molecule has 0 radical (unpaired) electrons. The van der Waals surface area contributed by atoms with Gasteiger partial charge in [-0.25, -0.2) is 9.18 Å². The molecule has 1 N–H and O–H groups in total. The molecule has 1 aliphatic carbocycles. The van der Waals surface area contributed by atoms with E-state index in [1.807, 2.05) is 0 Å². The van der Waals surface area contributed by atoms with E-state index < -0.39 is 17.8 Å². The molecule has 4 amide bonds. The van der Waals surface area contributed by atoms with Crippen LogP contribution in [-0.4, -0.2) is 35.9 Å². The Balaban J connectivity index is 1.55. The SMILES string of the molecule is COc1cc(C=C2C(=O)NC(=O)N(C3CCCCC3)C2=O)ccc1OCc1ccccc1F. The Morgan fingerprint density at radius 3 is 2.55 bits per heavy atom. The smallest absolute Gasteiger partial charge is 0.331 e. The van der Waals surface area contributed by atoms with Crippen molar-refractivity contribution >= 4 is 23.9 Å². The van der Waals surface area contributed by atoms with Crippen LogP contribution in [0.15, 0.2) is 48.0 Å². The summed E-state index contributed by atoms with van der Waals surface area (Å²) in [7, 11) is 1.46. The van der Waals surface area contributed by atoms with E-state index in [1.54, 1.807) is 36.4 Å². The lowest BCUT2D eigenvalue weighted by molar-refractivity contribution is -0.132. The third-order valence-corrected chi connectivity index (χ3v) is 5.91. The molecule has 1 saturated heterocycles. The monoisotopic (exact) mass is 452 g/mol. The Morgan fingerprint density at radius 1 is 1.06 bits per heavy atom. The van der Waals surface area contributed by atoms with E-state index >= 15 is 0 Å². The van der Waals surface area contributed by atoms with Gasteiger partial charge >= 0.3 is 6.03 Å². The predicted octanol–water partition coefficient (Wildman–Crippen LogP) is 4.21. The number of benzene rings is 2. The molecule has 2 aliphatic rings. The minimum atomic E-state index is -0.726. The number of nitrogens with zero attached hydrogens (tertiary/aromatic N) is 1. The fourth-order valence-corrected chi connectivity index (χ4v) is 4.17. The zero-order chi connectivity index (χ0) is 23.4. The molecule has 2 fully saturated rings. The molecule has 172 valence electrons. The molecule has 8 heteroatoms. The Bertz CT molecular complexity index is 1110. The van der Waals surface area contributed by atoms with Gasteiger partial charge in [0.1, 0.15) is 18.0 Å². The van der Waals surface area contributed by atoms with E-state index in [0.717, 1.165) is 32.1 Å². The first-order valence-corrected chi connectivity index (χ1v) is 10.9. The van der Waals surface area contributed by atoms with Gasteiger partial charge in [0.15, 0.2) is 11.5 Å². The maximum Gasteiger partial charge on any atom is 0.331 e. The van der Waals surface area contributed by atoms with Crippen LogP contribution in [0.25, 0.3) is 6.08 Å². The highest BCUT2D eigenvalue weighted by Crippen LogP contribution is 2.31. The van der Waals surface area contributed by atoms with Gasteiger partial charge in [-0.2, -0.15) is 0 Å². The van der Waals surface area contributed by atoms with Crippen molar-refractivity contribution in [2.24, 2.45) is 0 Å². The number of nitrogens with one attached hydrogen (secondary N) is 1. The number of carbonyl (C=O) groups is 3. The standard InChI is InChI=1S/C25H25FN2O5/c1-32-22-14-16(11-12-21(22)33-15-17-7-5-6-10-20(17)26)13-19-23(29)27-25(31)28(24(19)30)18-8-3-2-4-9-18/h5-7,10-14,18H,2-4,8-9,15H2,1H3,(H,27,29,31). The number of rotatable bonds is 6. The molecule has 0 aromatic heterocycles. The maximum absolute atomic E-state index is 13.8. The number of hydrogen-bond donors (Lipinski definition) is 1. The van der Waals surface area contributed by atoms with Crippen molar-refractivity contribution in [1.29, 1.82) is 0 Å². The lowest BCUT2D eigenvalue weighted by Crippen LogP contribution is -2.58. The number of methoxy groups -OCH3 is 1. The number of hydrogen-bond acceptors (Lipinski definition) is 5. The van der Waals surface area contributed by atoms with E-state index in [1.165, 1.54) is 24.2 Å². The zero-order valence-electron chi connectivity index (χ0n) is 18.3. The quantitative estimate of drug-likeness (QED) is 0.524. The number of halogens is 1. The number of urea groups is 1. The first-order chi connectivity index (χ1) is 16.0. The molecular weight excluding hydrogens is 427 g/mol. The first-order valence-electron chi connectivity index (χ1n) is 10.9. The second kappa shape index (κ2) is 9.85. The molecule has 7 nitrogen and oxygen atoms in total. The number of amides is 4. The zero-order valence-corrected chi connectivity index (χ0v) is 18.3. The maximum atomic E-state index is 13.8. The van der Waals surface area contributed by atoms with Crippen molar-refractivity contribution in [3.8, 4) is 11.5 Å². The van der Waals surface area contributed by atoms with Crippen molar-refractivity contribution < 1.29 is 28.2 Å². The molecule has 0 bridgehead atoms. The summed E-state index contributed by atoms with van der Waals surface area (Å²) < 4.78 is 24.9. The van der Waals surface area contributed by atoms with Gasteiger partial charge in [-0.15, -0.1) is 0 Å². The second-order valence-corrected chi connectivity index (χ2v) is 8.07. The molecule has 0 spiro atoms. The van der Waals surface area contributed by atoms with Crippen LogP contribution in [0, 0.1) is 5.82 Å². The third-order valence-electron chi connectivity index (χ3n) is 5.91. The van der Waals surface area contributed by atoms with Crippen LogP contribution in [0.4, 0.5) is 9.18 Å². The van der Waals surface area contributed by atoms with Crippen molar-refractivity contribution in [2.75, 3.05) is 7.11 Å². The summed E-state index contributed by atoms with van der Waals surface area (Å²) in [6.07, 6.45) is 5.88. The molecule has 1 heterocycles. The fourth-order valence-electron chi connectivity index (χ4n) is 4.17. The topological polar surface area (TPSA) is 84.9 Å². The Kier molecular flexibility index (Phi) is 6.72. The van der Waals surface area contributed by atoms with Crippen LogP contribution in [0.1, 0.15) is 43.2 Å². The van der Waals surface area contributed by atoms with Crippen LogP contribution >= 0.6 is 0 Å². The van der Waals surface area contributed by atoms with Crippen LogP contribution in [0.5, 0.6) is 11.5 Å². The number of imide groups is 2. The summed E-state index contributed by atoms with van der Waals surface area (Å²) in [6, 6.07) is 10.4. The van der Waals surface area contributed by atoms with Crippen LogP contribution in [-0.2, 0) is 16.2 Å². The predicted molar refractivity (Wildman–Crippen MR) is 119 cm³/mol. The lowest BCUT2D eigenvalue weighted by Gasteiger charge is -2.35. The molecule has 4 rings (SSSR count). The summed E-state index contributed by atoms with van der Waals surface area (Å²) in [5.41, 5.74) is 0.825. The van der Waals surface area contributed by atoms with Gasteiger partial charge < -0.3 is 9.47 Å². The van der Waals surface area contributed by atoms with Crippen LogP contribution in [0.2, 0.25) is 0 Å². The number of ether oxygens (including phenoxy) is 2. The summed E-state index contributed by atoms with van der Waals surface area (Å²) >= 11 is 0. The van der Waals surface area contributed by atoms with Crippen LogP contribution < -0.4 is 14.8 Å². The van der Waals surface area contributed by atoms with Crippen molar-refractivity contribution in [3.63, 3.8) is 0 Å². The van der Waals surface area contributed by atoms with Crippen molar-refractivity contribution in [2.45, 2.75) is 44.8 Å². The average molecular weight is 452 g/mol. The number of barbiturate groups is 1. The van der Waals surface area contributed by atoms with Gasteiger partial charge in [-0.3, -0.25) is 19.8 Å². The Labute approximate surface area is 191 Å². The summed E-state index contributed by atoms with van der Waals surface area (Å²) in [5.74, 6) is -0.923. The number of carbonyl (C=O) groups excluding carboxylic acids is 3. The molecular formula is C25H25FN2O5. The normalized spacial score (nSPS) is 18.4. The Morgan fingerprint density at radius 2 is 1.82 bits per heavy atom. The van der Waals surface area contributed by atoms with E-state index in [9.17, 15) is 18.8 Å². The van der Waals surface area contributed by atoms with E-state index in [-0.39, 0.29) is 24.0 Å². The minimum absolute atomic E-state index is 0.0167. The molecule has 2 aromatic rings. The summed E-state index contributed by atoms with van der Waals surface area (Å²) in [4.78, 5) is 39.0. The van der Waals surface area contributed by atoms with Gasteiger partial charge in [-0.1, -0.05) is 43.5 Å². The average Bonchev–Trinajstić information content (AvgIpc) is 2.82. The van der Waals surface area contributed by atoms with Gasteiger partial charge in [0.25, 0.3) is 11.8 Å². The van der Waals surface area contributed by atoms with Gasteiger partial charge in [-0.05, 0) is 42.7 Å². The van der Waals surface area contributed by atoms with Gasteiger partial charge in [0, 0.05) is 11.6 Å². The largest absolute Gasteiger partial charge is 0.493 e. The van der Waals surface area contributed by atoms with E-state index in [2.05, 4.69) is 5.32 Å². The molecule has 1 aliphatic heterocycles. The van der Waals surface area contributed by atoms with Crippen molar-refractivity contribution in [1.82, 2.24) is 10.2 Å². The first kappa shape index (κ1) is 22.5. The highest BCUT2D eigenvalue weighted by molar-refractivity contribution is 6.31. The fraction of sp³-hybridized carbons (Fsp3) is 0.320. The molecule has 0 unspecified atom stereocenters.